The van der Waals surface area contributed by atoms with Gasteiger partial charge in [-0.25, -0.2) is 9.37 Å². The number of halogens is 4. The molecule has 15 heavy (non-hydrogen) atoms. The molecule has 1 aromatic heterocycles. The molecule has 1 aromatic rings. The molecule has 0 atom stereocenters. The van der Waals surface area contributed by atoms with Crippen LogP contribution in [0.1, 0.15) is 32.0 Å². The van der Waals surface area contributed by atoms with Gasteiger partial charge in [-0.05, 0) is 17.0 Å². The number of rotatable bonds is 0. The summed E-state index contributed by atoms with van der Waals surface area (Å²) < 4.78 is 50.4. The van der Waals surface area contributed by atoms with Crippen molar-refractivity contribution in [2.45, 2.75) is 32.4 Å². The van der Waals surface area contributed by atoms with Crippen LogP contribution in [0.4, 0.5) is 17.6 Å². The smallest absolute Gasteiger partial charge is 0.249 e. The van der Waals surface area contributed by atoms with Gasteiger partial charge in [0, 0.05) is 6.20 Å². The standard InChI is InChI=1S/C10H11F4N/c1-9(2,3)6-4-5-15-8(7(6)11)10(12,13)14/h4-5H,1-3H3. The van der Waals surface area contributed by atoms with E-state index in [9.17, 15) is 17.6 Å². The average Bonchev–Trinajstić information content (AvgIpc) is 1.99. The topological polar surface area (TPSA) is 12.9 Å². The highest BCUT2D eigenvalue weighted by atomic mass is 19.4. The van der Waals surface area contributed by atoms with Crippen molar-refractivity contribution >= 4 is 0 Å². The Morgan fingerprint density at radius 1 is 1.13 bits per heavy atom. The maximum atomic E-state index is 13.5. The van der Waals surface area contributed by atoms with E-state index in [0.29, 0.717) is 0 Å². The van der Waals surface area contributed by atoms with Gasteiger partial charge in [-0.15, -0.1) is 0 Å². The SMILES string of the molecule is CC(C)(C)c1ccnc(C(F)(F)F)c1F. The summed E-state index contributed by atoms with van der Waals surface area (Å²) in [6, 6.07) is 1.27. The first-order chi connectivity index (χ1) is 6.64. The van der Waals surface area contributed by atoms with Crippen LogP contribution in [0.15, 0.2) is 12.3 Å². The van der Waals surface area contributed by atoms with Crippen LogP contribution in [0.5, 0.6) is 0 Å². The number of hydrogen-bond acceptors (Lipinski definition) is 1. The minimum atomic E-state index is -4.74. The van der Waals surface area contributed by atoms with E-state index in [1.165, 1.54) is 6.07 Å². The maximum Gasteiger partial charge on any atom is 0.436 e. The first kappa shape index (κ1) is 11.9. The Labute approximate surface area is 85.1 Å². The van der Waals surface area contributed by atoms with Gasteiger partial charge >= 0.3 is 6.18 Å². The summed E-state index contributed by atoms with van der Waals surface area (Å²) >= 11 is 0. The fourth-order valence-corrected chi connectivity index (χ4v) is 1.22. The first-order valence-corrected chi connectivity index (χ1v) is 4.36. The Bertz CT molecular complexity index is 330. The van der Waals surface area contributed by atoms with Crippen molar-refractivity contribution in [1.29, 1.82) is 0 Å². The number of pyridine rings is 1. The molecule has 0 amide bonds. The maximum absolute atomic E-state index is 13.5. The zero-order valence-corrected chi connectivity index (χ0v) is 8.61. The van der Waals surface area contributed by atoms with E-state index in [-0.39, 0.29) is 5.56 Å². The van der Waals surface area contributed by atoms with Crippen molar-refractivity contribution in [3.05, 3.63) is 29.3 Å². The Morgan fingerprint density at radius 3 is 2.07 bits per heavy atom. The molecule has 0 saturated heterocycles. The van der Waals surface area contributed by atoms with Gasteiger partial charge in [0.2, 0.25) is 0 Å². The van der Waals surface area contributed by atoms with Crippen molar-refractivity contribution in [1.82, 2.24) is 4.98 Å². The summed E-state index contributed by atoms with van der Waals surface area (Å²) in [6.45, 7) is 4.93. The third-order valence-electron chi connectivity index (χ3n) is 1.97. The Kier molecular flexibility index (Phi) is 2.76. The predicted molar refractivity (Wildman–Crippen MR) is 47.9 cm³/mol. The largest absolute Gasteiger partial charge is 0.436 e. The van der Waals surface area contributed by atoms with Crippen LogP contribution in [-0.4, -0.2) is 4.98 Å². The number of alkyl halides is 3. The van der Waals surface area contributed by atoms with Crippen LogP contribution in [0.2, 0.25) is 0 Å². The van der Waals surface area contributed by atoms with Gasteiger partial charge in [0.15, 0.2) is 11.5 Å². The molecule has 1 heterocycles. The third kappa shape index (κ3) is 2.46. The van der Waals surface area contributed by atoms with Gasteiger partial charge in [0.05, 0.1) is 0 Å². The monoisotopic (exact) mass is 221 g/mol. The summed E-state index contributed by atoms with van der Waals surface area (Å²) in [5, 5.41) is 0. The Hall–Kier alpha value is -1.13. The molecule has 0 aliphatic heterocycles. The number of aromatic nitrogens is 1. The minimum Gasteiger partial charge on any atom is -0.249 e. The van der Waals surface area contributed by atoms with Crippen molar-refractivity contribution in [2.75, 3.05) is 0 Å². The van der Waals surface area contributed by atoms with E-state index in [4.69, 9.17) is 0 Å². The summed E-state index contributed by atoms with van der Waals surface area (Å²) in [5.41, 5.74) is -2.10. The first-order valence-electron chi connectivity index (χ1n) is 4.36. The molecular formula is C10H11F4N. The van der Waals surface area contributed by atoms with E-state index in [0.717, 1.165) is 6.20 Å². The second-order valence-electron chi connectivity index (χ2n) is 4.27. The predicted octanol–water partition coefficient (Wildman–Crippen LogP) is 3.54. The van der Waals surface area contributed by atoms with Gasteiger partial charge < -0.3 is 0 Å². The van der Waals surface area contributed by atoms with Gasteiger partial charge in [0.1, 0.15) is 0 Å². The van der Waals surface area contributed by atoms with E-state index in [2.05, 4.69) is 4.98 Å². The van der Waals surface area contributed by atoms with Crippen LogP contribution >= 0.6 is 0 Å². The molecule has 5 heteroatoms. The van der Waals surface area contributed by atoms with Crippen LogP contribution in [0.3, 0.4) is 0 Å². The van der Waals surface area contributed by atoms with E-state index < -0.39 is 23.1 Å². The molecule has 0 radical (unpaired) electrons. The molecule has 0 unspecified atom stereocenters. The van der Waals surface area contributed by atoms with Gasteiger partial charge in [-0.1, -0.05) is 20.8 Å². The van der Waals surface area contributed by atoms with Crippen LogP contribution in [0.25, 0.3) is 0 Å². The van der Waals surface area contributed by atoms with Gasteiger partial charge in [-0.3, -0.25) is 0 Å². The lowest BCUT2D eigenvalue weighted by Gasteiger charge is -2.21. The molecule has 1 rings (SSSR count). The minimum absolute atomic E-state index is 0.0184. The highest BCUT2D eigenvalue weighted by molar-refractivity contribution is 5.27. The van der Waals surface area contributed by atoms with Crippen molar-refractivity contribution in [3.8, 4) is 0 Å². The van der Waals surface area contributed by atoms with Crippen molar-refractivity contribution in [3.63, 3.8) is 0 Å². The van der Waals surface area contributed by atoms with Crippen LogP contribution < -0.4 is 0 Å². The van der Waals surface area contributed by atoms with E-state index >= 15 is 0 Å². The lowest BCUT2D eigenvalue weighted by molar-refractivity contribution is -0.143. The summed E-state index contributed by atoms with van der Waals surface area (Å²) in [4.78, 5) is 3.02. The van der Waals surface area contributed by atoms with Crippen LogP contribution in [0, 0.1) is 5.82 Å². The summed E-state index contributed by atoms with van der Waals surface area (Å²) in [7, 11) is 0. The van der Waals surface area contributed by atoms with Crippen LogP contribution in [-0.2, 0) is 11.6 Å². The zero-order chi connectivity index (χ0) is 11.9. The Balaban J connectivity index is 3.37. The summed E-state index contributed by atoms with van der Waals surface area (Å²) in [6.07, 6.45) is -3.77. The highest BCUT2D eigenvalue weighted by Gasteiger charge is 2.38. The second kappa shape index (κ2) is 3.47. The number of nitrogens with zero attached hydrogens (tertiary/aromatic N) is 1. The highest BCUT2D eigenvalue weighted by Crippen LogP contribution is 2.34. The normalized spacial score (nSPS) is 13.0. The molecule has 0 bridgehead atoms. The quantitative estimate of drug-likeness (QED) is 0.610. The average molecular weight is 221 g/mol. The molecule has 0 N–H and O–H groups in total. The lowest BCUT2D eigenvalue weighted by Crippen LogP contribution is -2.19. The zero-order valence-electron chi connectivity index (χ0n) is 8.61. The van der Waals surface area contributed by atoms with Crippen molar-refractivity contribution < 1.29 is 17.6 Å². The van der Waals surface area contributed by atoms with E-state index in [1.807, 2.05) is 0 Å². The molecule has 0 fully saturated rings. The molecule has 1 nitrogen and oxygen atoms in total. The van der Waals surface area contributed by atoms with Gasteiger partial charge in [0.25, 0.3) is 0 Å². The molecule has 0 aliphatic carbocycles. The summed E-state index contributed by atoms with van der Waals surface area (Å²) in [5.74, 6) is -1.28. The fraction of sp³-hybridized carbons (Fsp3) is 0.500. The molecule has 0 spiro atoms. The molecular weight excluding hydrogens is 210 g/mol. The fourth-order valence-electron chi connectivity index (χ4n) is 1.22. The molecule has 84 valence electrons. The second-order valence-corrected chi connectivity index (χ2v) is 4.27. The lowest BCUT2D eigenvalue weighted by atomic mass is 9.87. The third-order valence-corrected chi connectivity index (χ3v) is 1.97. The molecule has 0 aliphatic rings. The van der Waals surface area contributed by atoms with E-state index in [1.54, 1.807) is 20.8 Å². The van der Waals surface area contributed by atoms with Crippen molar-refractivity contribution in [2.24, 2.45) is 0 Å². The molecule has 0 aromatic carbocycles. The molecule has 0 saturated carbocycles. The van der Waals surface area contributed by atoms with Gasteiger partial charge in [-0.2, -0.15) is 13.2 Å². The number of hydrogen-bond donors (Lipinski definition) is 0. The Morgan fingerprint density at radius 2 is 1.67 bits per heavy atom.